The minimum atomic E-state index is -3.50. The Balaban J connectivity index is 1.49. The maximum absolute atomic E-state index is 12.8. The second-order valence-corrected chi connectivity index (χ2v) is 8.88. The first-order valence-corrected chi connectivity index (χ1v) is 10.9. The van der Waals surface area contributed by atoms with E-state index in [9.17, 15) is 13.2 Å². The summed E-state index contributed by atoms with van der Waals surface area (Å²) < 4.78 is 32.2. The van der Waals surface area contributed by atoms with E-state index in [1.807, 2.05) is 17.9 Å². The molecule has 0 atom stereocenters. The number of piperazine rings is 1. The Morgan fingerprint density at radius 2 is 1.83 bits per heavy atom. The molecule has 1 N–H and O–H groups in total. The van der Waals surface area contributed by atoms with Crippen molar-refractivity contribution in [2.24, 2.45) is 0 Å². The lowest BCUT2D eigenvalue weighted by molar-refractivity contribution is -0.122. The molecule has 1 aromatic heterocycles. The van der Waals surface area contributed by atoms with Gasteiger partial charge in [0.2, 0.25) is 21.8 Å². The summed E-state index contributed by atoms with van der Waals surface area (Å²) in [5.41, 5.74) is 1.82. The van der Waals surface area contributed by atoms with Crippen molar-refractivity contribution in [1.82, 2.24) is 19.5 Å². The third-order valence-electron chi connectivity index (χ3n) is 4.88. The largest absolute Gasteiger partial charge is 0.481 e. The zero-order chi connectivity index (χ0) is 20.9. The first kappa shape index (κ1) is 21.2. The monoisotopic (exact) mass is 418 g/mol. The van der Waals surface area contributed by atoms with Crippen molar-refractivity contribution in [3.8, 4) is 5.88 Å². The molecule has 29 heavy (non-hydrogen) atoms. The number of carbonyl (C=O) groups is 1. The van der Waals surface area contributed by atoms with Crippen LogP contribution >= 0.6 is 0 Å². The van der Waals surface area contributed by atoms with E-state index in [2.05, 4.69) is 10.3 Å². The number of methoxy groups -OCH3 is 1. The Kier molecular flexibility index (Phi) is 6.83. The van der Waals surface area contributed by atoms with E-state index in [1.165, 1.54) is 11.4 Å². The summed E-state index contributed by atoms with van der Waals surface area (Å²) in [5, 5.41) is 2.86. The van der Waals surface area contributed by atoms with Gasteiger partial charge in [0.05, 0.1) is 18.6 Å². The second-order valence-electron chi connectivity index (χ2n) is 6.94. The third-order valence-corrected chi connectivity index (χ3v) is 6.79. The van der Waals surface area contributed by atoms with E-state index in [0.717, 1.165) is 11.1 Å². The van der Waals surface area contributed by atoms with Gasteiger partial charge in [-0.25, -0.2) is 13.4 Å². The summed E-state index contributed by atoms with van der Waals surface area (Å²) in [6.07, 6.45) is 1.63. The molecule has 1 amide bonds. The normalized spacial score (nSPS) is 15.8. The highest BCUT2D eigenvalue weighted by atomic mass is 32.2. The highest BCUT2D eigenvalue weighted by molar-refractivity contribution is 7.89. The van der Waals surface area contributed by atoms with E-state index in [4.69, 9.17) is 4.74 Å². The number of aryl methyl sites for hydroxylation is 1. The van der Waals surface area contributed by atoms with Crippen LogP contribution in [0.4, 0.5) is 0 Å². The first-order valence-electron chi connectivity index (χ1n) is 9.44. The van der Waals surface area contributed by atoms with Crippen LogP contribution in [0.3, 0.4) is 0 Å². The van der Waals surface area contributed by atoms with Gasteiger partial charge in [0, 0.05) is 44.5 Å². The molecule has 1 fully saturated rings. The molecule has 2 aromatic rings. The van der Waals surface area contributed by atoms with Crippen molar-refractivity contribution < 1.29 is 17.9 Å². The lowest BCUT2D eigenvalue weighted by Gasteiger charge is -2.33. The fourth-order valence-electron chi connectivity index (χ4n) is 3.18. The van der Waals surface area contributed by atoms with E-state index >= 15 is 0 Å². The average Bonchev–Trinajstić information content (AvgIpc) is 2.73. The summed E-state index contributed by atoms with van der Waals surface area (Å²) >= 11 is 0. The molecule has 3 rings (SSSR count). The molecular formula is C20H26N4O4S. The number of pyridine rings is 1. The Bertz CT molecular complexity index is 939. The van der Waals surface area contributed by atoms with Gasteiger partial charge in [-0.2, -0.15) is 4.31 Å². The number of aromatic nitrogens is 1. The average molecular weight is 419 g/mol. The lowest BCUT2D eigenvalue weighted by Crippen LogP contribution is -2.50. The number of nitrogens with zero attached hydrogens (tertiary/aromatic N) is 3. The van der Waals surface area contributed by atoms with Crippen LogP contribution < -0.4 is 10.1 Å². The quantitative estimate of drug-likeness (QED) is 0.722. The van der Waals surface area contributed by atoms with E-state index in [0.29, 0.717) is 43.5 Å². The van der Waals surface area contributed by atoms with Crippen molar-refractivity contribution in [3.63, 3.8) is 0 Å². The van der Waals surface area contributed by atoms with Crippen LogP contribution in [0.5, 0.6) is 5.88 Å². The van der Waals surface area contributed by atoms with Gasteiger partial charge in [-0.05, 0) is 25.1 Å². The highest BCUT2D eigenvalue weighted by Crippen LogP contribution is 2.18. The van der Waals surface area contributed by atoms with Crippen LogP contribution in [-0.4, -0.2) is 68.3 Å². The van der Waals surface area contributed by atoms with Crippen LogP contribution in [-0.2, 0) is 21.4 Å². The van der Waals surface area contributed by atoms with Crippen molar-refractivity contribution >= 4 is 15.9 Å². The molecule has 1 aromatic carbocycles. The van der Waals surface area contributed by atoms with E-state index < -0.39 is 10.0 Å². The zero-order valence-electron chi connectivity index (χ0n) is 16.7. The topological polar surface area (TPSA) is 91.8 Å². The van der Waals surface area contributed by atoms with Crippen LogP contribution in [0.1, 0.15) is 11.1 Å². The van der Waals surface area contributed by atoms with E-state index in [-0.39, 0.29) is 12.5 Å². The summed E-state index contributed by atoms with van der Waals surface area (Å²) in [6.45, 7) is 4.21. The molecule has 1 aliphatic rings. The highest BCUT2D eigenvalue weighted by Gasteiger charge is 2.28. The van der Waals surface area contributed by atoms with Crippen LogP contribution in [0, 0.1) is 6.92 Å². The predicted octanol–water partition coefficient (Wildman–Crippen LogP) is 1.02. The smallest absolute Gasteiger partial charge is 0.243 e. The SMILES string of the molecule is COc1ncccc1CNC(=O)CN1CCN(S(=O)(=O)c2ccc(C)cc2)CC1. The lowest BCUT2D eigenvalue weighted by atomic mass is 10.2. The molecule has 0 unspecified atom stereocenters. The van der Waals surface area contributed by atoms with E-state index in [1.54, 1.807) is 36.5 Å². The number of benzene rings is 1. The second kappa shape index (κ2) is 9.34. The van der Waals surface area contributed by atoms with Crippen molar-refractivity contribution in [1.29, 1.82) is 0 Å². The standard InChI is InChI=1S/C20H26N4O4S/c1-16-5-7-18(8-6-16)29(26,27)24-12-10-23(11-13-24)15-19(25)22-14-17-4-3-9-21-20(17)28-2/h3-9H,10-15H2,1-2H3,(H,22,25). The Morgan fingerprint density at radius 1 is 1.14 bits per heavy atom. The summed E-state index contributed by atoms with van der Waals surface area (Å²) in [5.74, 6) is 0.369. The maximum Gasteiger partial charge on any atom is 0.243 e. The first-order chi connectivity index (χ1) is 13.9. The van der Waals surface area contributed by atoms with Gasteiger partial charge in [0.15, 0.2) is 0 Å². The molecular weight excluding hydrogens is 392 g/mol. The van der Waals surface area contributed by atoms with Crippen LogP contribution in [0.15, 0.2) is 47.5 Å². The van der Waals surface area contributed by atoms with Crippen LogP contribution in [0.25, 0.3) is 0 Å². The number of hydrogen-bond donors (Lipinski definition) is 1. The van der Waals surface area contributed by atoms with Gasteiger partial charge < -0.3 is 10.1 Å². The zero-order valence-corrected chi connectivity index (χ0v) is 17.5. The van der Waals surface area contributed by atoms with Gasteiger partial charge in [0.25, 0.3) is 0 Å². The summed E-state index contributed by atoms with van der Waals surface area (Å²) in [4.78, 5) is 18.6. The number of carbonyl (C=O) groups excluding carboxylic acids is 1. The predicted molar refractivity (Wildman–Crippen MR) is 109 cm³/mol. The molecule has 1 saturated heterocycles. The Labute approximate surface area is 171 Å². The third kappa shape index (κ3) is 5.31. The summed E-state index contributed by atoms with van der Waals surface area (Å²) in [7, 11) is -1.96. The van der Waals surface area contributed by atoms with Gasteiger partial charge in [0.1, 0.15) is 0 Å². The fourth-order valence-corrected chi connectivity index (χ4v) is 4.60. The molecule has 0 saturated carbocycles. The molecule has 9 heteroatoms. The number of nitrogens with one attached hydrogen (secondary N) is 1. The van der Waals surface area contributed by atoms with Gasteiger partial charge in [-0.15, -0.1) is 0 Å². The maximum atomic E-state index is 12.8. The van der Waals surface area contributed by atoms with Crippen molar-refractivity contribution in [3.05, 3.63) is 53.7 Å². The Hall–Kier alpha value is -2.49. The number of amides is 1. The molecule has 0 spiro atoms. The van der Waals surface area contributed by atoms with Crippen molar-refractivity contribution in [2.75, 3.05) is 39.8 Å². The number of sulfonamides is 1. The molecule has 0 aliphatic carbocycles. The molecule has 8 nitrogen and oxygen atoms in total. The molecule has 156 valence electrons. The summed E-state index contributed by atoms with van der Waals surface area (Å²) in [6, 6.07) is 10.5. The number of ether oxygens (including phenoxy) is 1. The molecule has 0 radical (unpaired) electrons. The number of hydrogen-bond acceptors (Lipinski definition) is 6. The van der Waals surface area contributed by atoms with Crippen molar-refractivity contribution in [2.45, 2.75) is 18.4 Å². The fraction of sp³-hybridized carbons (Fsp3) is 0.400. The molecule has 0 bridgehead atoms. The van der Waals surface area contributed by atoms with Gasteiger partial charge >= 0.3 is 0 Å². The minimum absolute atomic E-state index is 0.120. The number of rotatable bonds is 7. The Morgan fingerprint density at radius 3 is 2.48 bits per heavy atom. The molecule has 1 aliphatic heterocycles. The van der Waals surface area contributed by atoms with Crippen LogP contribution in [0.2, 0.25) is 0 Å². The minimum Gasteiger partial charge on any atom is -0.481 e. The van der Waals surface area contributed by atoms with Gasteiger partial charge in [-0.1, -0.05) is 23.8 Å². The van der Waals surface area contributed by atoms with Gasteiger partial charge in [-0.3, -0.25) is 9.69 Å². The molecule has 2 heterocycles.